The SMILES string of the molecule is O=C(CN1CCc2ccccc21)N1C[C@H]2COCC[C@@]2(C(=O)O)C1. The molecular formula is C18H22N2O4. The van der Waals surface area contributed by atoms with Gasteiger partial charge in [0.1, 0.15) is 0 Å². The first-order chi connectivity index (χ1) is 11.6. The Morgan fingerprint density at radius 1 is 1.33 bits per heavy atom. The van der Waals surface area contributed by atoms with Crippen molar-refractivity contribution in [2.24, 2.45) is 11.3 Å². The third kappa shape index (κ3) is 2.36. The smallest absolute Gasteiger partial charge is 0.311 e. The molecule has 128 valence electrons. The van der Waals surface area contributed by atoms with Gasteiger partial charge in [0, 0.05) is 37.8 Å². The lowest BCUT2D eigenvalue weighted by Crippen LogP contribution is -2.45. The van der Waals surface area contributed by atoms with Crippen LogP contribution < -0.4 is 4.90 Å². The van der Waals surface area contributed by atoms with Gasteiger partial charge in [-0.3, -0.25) is 9.59 Å². The molecule has 0 aromatic heterocycles. The van der Waals surface area contributed by atoms with Crippen molar-refractivity contribution >= 4 is 17.6 Å². The Morgan fingerprint density at radius 2 is 2.17 bits per heavy atom. The largest absolute Gasteiger partial charge is 0.481 e. The summed E-state index contributed by atoms with van der Waals surface area (Å²) < 4.78 is 5.45. The molecule has 0 unspecified atom stereocenters. The zero-order chi connectivity index (χ0) is 16.7. The van der Waals surface area contributed by atoms with Gasteiger partial charge in [-0.15, -0.1) is 0 Å². The molecule has 1 N–H and O–H groups in total. The lowest BCUT2D eigenvalue weighted by molar-refractivity contribution is -0.157. The molecule has 24 heavy (non-hydrogen) atoms. The maximum Gasteiger partial charge on any atom is 0.311 e. The lowest BCUT2D eigenvalue weighted by atomic mass is 9.74. The first kappa shape index (κ1) is 15.4. The number of nitrogens with zero attached hydrogens (tertiary/aromatic N) is 2. The summed E-state index contributed by atoms with van der Waals surface area (Å²) in [5.41, 5.74) is 1.58. The van der Waals surface area contributed by atoms with Gasteiger partial charge in [-0.05, 0) is 24.5 Å². The number of fused-ring (bicyclic) bond motifs is 2. The summed E-state index contributed by atoms with van der Waals surface area (Å²) in [5.74, 6) is -0.877. The molecule has 3 heterocycles. The number of carboxylic acids is 1. The summed E-state index contributed by atoms with van der Waals surface area (Å²) in [4.78, 5) is 28.4. The number of rotatable bonds is 3. The zero-order valence-corrected chi connectivity index (χ0v) is 13.6. The molecule has 6 heteroatoms. The van der Waals surface area contributed by atoms with Gasteiger partial charge in [-0.25, -0.2) is 0 Å². The van der Waals surface area contributed by atoms with Crippen molar-refractivity contribution in [3.05, 3.63) is 29.8 Å². The first-order valence-corrected chi connectivity index (χ1v) is 8.52. The van der Waals surface area contributed by atoms with E-state index in [1.54, 1.807) is 4.90 Å². The topological polar surface area (TPSA) is 70.1 Å². The summed E-state index contributed by atoms with van der Waals surface area (Å²) in [6.07, 6.45) is 1.45. The number of likely N-dealkylation sites (tertiary alicyclic amines) is 1. The fourth-order valence-corrected chi connectivity index (χ4v) is 4.32. The third-order valence-electron chi connectivity index (χ3n) is 5.79. The predicted molar refractivity (Wildman–Crippen MR) is 87.9 cm³/mol. The number of carbonyl (C=O) groups excluding carboxylic acids is 1. The van der Waals surface area contributed by atoms with Crippen molar-refractivity contribution in [2.45, 2.75) is 12.8 Å². The molecule has 2 atom stereocenters. The molecule has 2 saturated heterocycles. The lowest BCUT2D eigenvalue weighted by Gasteiger charge is -2.33. The predicted octanol–water partition coefficient (Wildman–Crippen LogP) is 0.999. The highest BCUT2D eigenvalue weighted by Gasteiger charge is 2.54. The van der Waals surface area contributed by atoms with Gasteiger partial charge in [-0.1, -0.05) is 18.2 Å². The van der Waals surface area contributed by atoms with Crippen molar-refractivity contribution in [1.29, 1.82) is 0 Å². The molecule has 3 aliphatic rings. The normalized spacial score (nSPS) is 28.6. The number of aliphatic carboxylic acids is 1. The molecule has 1 aromatic rings. The van der Waals surface area contributed by atoms with E-state index >= 15 is 0 Å². The number of anilines is 1. The van der Waals surface area contributed by atoms with E-state index in [2.05, 4.69) is 11.0 Å². The molecule has 6 nitrogen and oxygen atoms in total. The standard InChI is InChI=1S/C18H22N2O4/c21-16(10-19-7-5-13-3-1-2-4-15(13)19)20-9-14-11-24-8-6-18(14,12-20)17(22)23/h1-4,14H,5-12H2,(H,22,23)/t14-,18+/m0/s1. The summed E-state index contributed by atoms with van der Waals surface area (Å²) in [5, 5.41) is 9.71. The van der Waals surface area contributed by atoms with Crippen LogP contribution in [0.3, 0.4) is 0 Å². The average Bonchev–Trinajstić information content (AvgIpc) is 3.17. The van der Waals surface area contributed by atoms with Gasteiger partial charge in [0.15, 0.2) is 0 Å². The molecule has 0 saturated carbocycles. The molecule has 4 rings (SSSR count). The minimum atomic E-state index is -0.823. The third-order valence-corrected chi connectivity index (χ3v) is 5.79. The van der Waals surface area contributed by atoms with Gasteiger partial charge in [0.2, 0.25) is 5.91 Å². The van der Waals surface area contributed by atoms with E-state index in [9.17, 15) is 14.7 Å². The van der Waals surface area contributed by atoms with E-state index < -0.39 is 11.4 Å². The highest BCUT2D eigenvalue weighted by Crippen LogP contribution is 2.42. The van der Waals surface area contributed by atoms with Crippen LogP contribution in [0.1, 0.15) is 12.0 Å². The summed E-state index contributed by atoms with van der Waals surface area (Å²) in [6, 6.07) is 8.15. The monoisotopic (exact) mass is 330 g/mol. The number of carboxylic acid groups (broad SMARTS) is 1. The molecule has 1 aromatic carbocycles. The minimum absolute atomic E-state index is 0.0155. The fraction of sp³-hybridized carbons (Fsp3) is 0.556. The maximum atomic E-state index is 12.8. The van der Waals surface area contributed by atoms with Crippen molar-refractivity contribution < 1.29 is 19.4 Å². The van der Waals surface area contributed by atoms with Crippen LogP contribution in [0.5, 0.6) is 0 Å². The Bertz CT molecular complexity index is 677. The van der Waals surface area contributed by atoms with E-state index in [1.165, 1.54) is 5.56 Å². The quantitative estimate of drug-likeness (QED) is 0.895. The second-order valence-corrected chi connectivity index (χ2v) is 7.06. The number of hydrogen-bond donors (Lipinski definition) is 1. The molecule has 0 aliphatic carbocycles. The van der Waals surface area contributed by atoms with Crippen molar-refractivity contribution in [2.75, 3.05) is 44.3 Å². The highest BCUT2D eigenvalue weighted by atomic mass is 16.5. The number of amides is 1. The van der Waals surface area contributed by atoms with Gasteiger partial charge in [0.05, 0.1) is 18.6 Å². The summed E-state index contributed by atoms with van der Waals surface area (Å²) >= 11 is 0. The molecule has 0 radical (unpaired) electrons. The molecular weight excluding hydrogens is 308 g/mol. The van der Waals surface area contributed by atoms with Crippen LogP contribution in [0.4, 0.5) is 5.69 Å². The van der Waals surface area contributed by atoms with Crippen LogP contribution in [0.25, 0.3) is 0 Å². The number of carbonyl (C=O) groups is 2. The number of hydrogen-bond acceptors (Lipinski definition) is 4. The van der Waals surface area contributed by atoms with Crippen LogP contribution in [0.2, 0.25) is 0 Å². The average molecular weight is 330 g/mol. The summed E-state index contributed by atoms with van der Waals surface area (Å²) in [7, 11) is 0. The van der Waals surface area contributed by atoms with Crippen LogP contribution in [0.15, 0.2) is 24.3 Å². The van der Waals surface area contributed by atoms with Gasteiger partial charge in [-0.2, -0.15) is 0 Å². The van der Waals surface area contributed by atoms with Crippen molar-refractivity contribution in [3.63, 3.8) is 0 Å². The van der Waals surface area contributed by atoms with Crippen molar-refractivity contribution in [3.8, 4) is 0 Å². The Hall–Kier alpha value is -2.08. The second kappa shape index (κ2) is 5.77. The molecule has 0 spiro atoms. The van der Waals surface area contributed by atoms with E-state index in [4.69, 9.17) is 4.74 Å². The Kier molecular flexibility index (Phi) is 3.72. The Labute approximate surface area is 141 Å². The summed E-state index contributed by atoms with van der Waals surface area (Å²) in [6.45, 7) is 2.86. The second-order valence-electron chi connectivity index (χ2n) is 7.06. The highest BCUT2D eigenvalue weighted by molar-refractivity contribution is 5.85. The van der Waals surface area contributed by atoms with E-state index in [0.717, 1.165) is 18.7 Å². The first-order valence-electron chi connectivity index (χ1n) is 8.52. The molecule has 2 fully saturated rings. The van der Waals surface area contributed by atoms with Gasteiger partial charge in [0.25, 0.3) is 0 Å². The van der Waals surface area contributed by atoms with E-state index in [0.29, 0.717) is 39.3 Å². The Balaban J connectivity index is 1.47. The maximum absolute atomic E-state index is 12.8. The zero-order valence-electron chi connectivity index (χ0n) is 13.6. The molecule has 3 aliphatic heterocycles. The van der Waals surface area contributed by atoms with Gasteiger partial charge >= 0.3 is 5.97 Å². The van der Waals surface area contributed by atoms with Crippen LogP contribution in [-0.2, 0) is 20.7 Å². The molecule has 0 bridgehead atoms. The van der Waals surface area contributed by atoms with Crippen LogP contribution in [0, 0.1) is 11.3 Å². The fourth-order valence-electron chi connectivity index (χ4n) is 4.32. The van der Waals surface area contributed by atoms with Gasteiger partial charge < -0.3 is 19.6 Å². The minimum Gasteiger partial charge on any atom is -0.481 e. The van der Waals surface area contributed by atoms with Crippen molar-refractivity contribution in [1.82, 2.24) is 4.90 Å². The number of para-hydroxylation sites is 1. The Morgan fingerprint density at radius 3 is 2.96 bits per heavy atom. The van der Waals surface area contributed by atoms with Crippen LogP contribution >= 0.6 is 0 Å². The number of ether oxygens (including phenoxy) is 1. The van der Waals surface area contributed by atoms with Crippen LogP contribution in [-0.4, -0.2) is 61.3 Å². The van der Waals surface area contributed by atoms with E-state index in [-0.39, 0.29) is 11.8 Å². The number of benzene rings is 1. The van der Waals surface area contributed by atoms with E-state index in [1.807, 2.05) is 18.2 Å². The molecule has 1 amide bonds.